The van der Waals surface area contributed by atoms with Gasteiger partial charge in [-0.25, -0.2) is 4.79 Å². The van der Waals surface area contributed by atoms with Gasteiger partial charge in [-0.3, -0.25) is 4.79 Å². The number of hydrogen-bond donors (Lipinski definition) is 10. The van der Waals surface area contributed by atoms with E-state index in [4.69, 9.17) is 37.6 Å². The summed E-state index contributed by atoms with van der Waals surface area (Å²) in [5.41, 5.74) is -1.27. The fourth-order valence-corrected chi connectivity index (χ4v) is 6.30. The average molecular weight is 817 g/mol. The fraction of sp³-hybridized carbons (Fsp3) is 0.368. The van der Waals surface area contributed by atoms with E-state index in [1.54, 1.807) is 0 Å². The van der Waals surface area contributed by atoms with Crippen LogP contribution in [0.2, 0.25) is 0 Å². The van der Waals surface area contributed by atoms with Crippen molar-refractivity contribution in [1.82, 2.24) is 0 Å². The number of aromatic hydroxyl groups is 5. The molecule has 312 valence electrons. The zero-order valence-corrected chi connectivity index (χ0v) is 30.7. The average Bonchev–Trinajstić information content (AvgIpc) is 3.19. The first-order valence-corrected chi connectivity index (χ1v) is 17.4. The third kappa shape index (κ3) is 8.26. The van der Waals surface area contributed by atoms with Crippen molar-refractivity contribution in [3.05, 3.63) is 64.3 Å². The van der Waals surface area contributed by atoms with Crippen LogP contribution in [0.5, 0.6) is 46.0 Å². The molecule has 0 amide bonds. The van der Waals surface area contributed by atoms with Gasteiger partial charge in [-0.2, -0.15) is 0 Å². The first-order valence-electron chi connectivity index (χ1n) is 17.4. The van der Waals surface area contributed by atoms with E-state index in [2.05, 4.69) is 0 Å². The predicted molar refractivity (Wildman–Crippen MR) is 194 cm³/mol. The van der Waals surface area contributed by atoms with E-state index >= 15 is 0 Å². The van der Waals surface area contributed by atoms with Crippen LogP contribution in [0, 0.1) is 0 Å². The van der Waals surface area contributed by atoms with Gasteiger partial charge in [0, 0.05) is 23.8 Å². The Morgan fingerprint density at radius 2 is 1.47 bits per heavy atom. The van der Waals surface area contributed by atoms with Crippen LogP contribution < -0.4 is 19.6 Å². The summed E-state index contributed by atoms with van der Waals surface area (Å²) < 4.78 is 44.6. The van der Waals surface area contributed by atoms with Crippen molar-refractivity contribution < 1.29 is 93.4 Å². The molecule has 1 aromatic heterocycles. The third-order valence-corrected chi connectivity index (χ3v) is 9.43. The number of methoxy groups -OCH3 is 2. The van der Waals surface area contributed by atoms with Gasteiger partial charge in [-0.05, 0) is 48.9 Å². The van der Waals surface area contributed by atoms with Gasteiger partial charge in [0.05, 0.1) is 26.9 Å². The van der Waals surface area contributed by atoms with Gasteiger partial charge in [0.15, 0.2) is 41.2 Å². The summed E-state index contributed by atoms with van der Waals surface area (Å²) in [6.45, 7) is 0.697. The van der Waals surface area contributed by atoms with Gasteiger partial charge >= 0.3 is 5.97 Å². The lowest BCUT2D eigenvalue weighted by Gasteiger charge is -2.43. The maximum absolute atomic E-state index is 14.1. The van der Waals surface area contributed by atoms with Gasteiger partial charge in [0.2, 0.25) is 23.2 Å². The van der Waals surface area contributed by atoms with Crippen molar-refractivity contribution in [2.45, 2.75) is 68.3 Å². The molecule has 2 saturated heterocycles. The summed E-state index contributed by atoms with van der Waals surface area (Å²) >= 11 is 0. The molecule has 0 saturated carbocycles. The lowest BCUT2D eigenvalue weighted by molar-refractivity contribution is -0.319. The van der Waals surface area contributed by atoms with E-state index in [1.165, 1.54) is 45.4 Å². The number of ether oxygens (including phenoxy) is 7. The summed E-state index contributed by atoms with van der Waals surface area (Å²) in [6.07, 6.45) is -15.0. The first-order chi connectivity index (χ1) is 27.5. The Hall–Kier alpha value is -5.84. The molecule has 3 heterocycles. The molecule has 0 radical (unpaired) electrons. The minimum absolute atomic E-state index is 0.00725. The van der Waals surface area contributed by atoms with E-state index in [9.17, 15) is 60.7 Å². The number of phenolic OH excluding ortho intramolecular Hbond substituents is 5. The van der Waals surface area contributed by atoms with Crippen molar-refractivity contribution in [2.75, 3.05) is 20.8 Å². The molecule has 0 unspecified atom stereocenters. The third-order valence-electron chi connectivity index (χ3n) is 9.43. The lowest BCUT2D eigenvalue weighted by atomic mass is 9.98. The minimum Gasteiger partial charge on any atom is -0.508 e. The van der Waals surface area contributed by atoms with Crippen LogP contribution in [0.1, 0.15) is 12.5 Å². The van der Waals surface area contributed by atoms with Crippen molar-refractivity contribution in [1.29, 1.82) is 0 Å². The molecule has 3 aromatic carbocycles. The molecule has 6 rings (SSSR count). The zero-order valence-electron chi connectivity index (χ0n) is 30.7. The minimum atomic E-state index is -2.07. The molecule has 0 aliphatic carbocycles. The second kappa shape index (κ2) is 16.9. The Kier molecular flexibility index (Phi) is 12.2. The van der Waals surface area contributed by atoms with Gasteiger partial charge < -0.3 is 88.6 Å². The highest BCUT2D eigenvalue weighted by Gasteiger charge is 2.50. The van der Waals surface area contributed by atoms with Crippen molar-refractivity contribution in [2.24, 2.45) is 0 Å². The lowest BCUT2D eigenvalue weighted by Crippen LogP contribution is -2.62. The quantitative estimate of drug-likeness (QED) is 0.0553. The van der Waals surface area contributed by atoms with E-state index in [0.717, 1.165) is 30.3 Å². The first kappa shape index (κ1) is 41.8. The van der Waals surface area contributed by atoms with Gasteiger partial charge in [0.25, 0.3) is 0 Å². The second-order valence-corrected chi connectivity index (χ2v) is 13.3. The van der Waals surface area contributed by atoms with Crippen molar-refractivity contribution in [3.8, 4) is 57.3 Å². The Bertz CT molecular complexity index is 2210. The van der Waals surface area contributed by atoms with E-state index in [-0.39, 0.29) is 34.0 Å². The molecule has 2 aliphatic heterocycles. The van der Waals surface area contributed by atoms with Crippen LogP contribution in [-0.4, -0.2) is 139 Å². The molecule has 0 bridgehead atoms. The Labute approximate surface area is 327 Å². The molecule has 10 N–H and O–H groups in total. The highest BCUT2D eigenvalue weighted by molar-refractivity contribution is 5.89. The molecule has 4 aromatic rings. The molecule has 0 spiro atoms. The summed E-state index contributed by atoms with van der Waals surface area (Å²) in [5, 5.41) is 104. The number of aliphatic hydroxyl groups excluding tert-OH is 5. The summed E-state index contributed by atoms with van der Waals surface area (Å²) in [6, 6.07) is 7.83. The highest BCUT2D eigenvalue weighted by Crippen LogP contribution is 2.40. The summed E-state index contributed by atoms with van der Waals surface area (Å²) in [4.78, 5) is 27.4. The molecular formula is C38H40O20. The van der Waals surface area contributed by atoms with Crippen LogP contribution in [-0.2, 0) is 23.7 Å². The number of fused-ring (bicyclic) bond motifs is 1. The van der Waals surface area contributed by atoms with Gasteiger partial charge in [-0.1, -0.05) is 0 Å². The summed E-state index contributed by atoms with van der Waals surface area (Å²) in [5.74, 6) is -5.15. The number of esters is 1. The number of carbonyl (C=O) groups is 1. The molecule has 58 heavy (non-hydrogen) atoms. The number of carbonyl (C=O) groups excluding carboxylic acids is 1. The molecule has 20 heteroatoms. The smallest absolute Gasteiger partial charge is 0.331 e. The normalized spacial score (nSPS) is 27.4. The molecule has 20 nitrogen and oxygen atoms in total. The Balaban J connectivity index is 1.38. The fourth-order valence-electron chi connectivity index (χ4n) is 6.30. The topological polar surface area (TPSA) is 314 Å². The van der Waals surface area contributed by atoms with E-state index in [1.807, 2.05) is 0 Å². The second-order valence-electron chi connectivity index (χ2n) is 13.3. The van der Waals surface area contributed by atoms with E-state index < -0.39 is 119 Å². The SMILES string of the molecule is COc1cc(/C=C/C(=O)O[C@H]2[C@H](Oc3c(-c4ccc(O)c(O)c4)oc4cc(O)cc(O)c4c3=O)O[C@H](CO[C@@H]3O[C@@H](C)[C@H](O)[C@@H](O)[C@H]3O)[C@@H](O)[C@@H]2O)cc(OC)c1O. The molecule has 10 atom stereocenters. The number of phenols is 5. The largest absolute Gasteiger partial charge is 0.508 e. The van der Waals surface area contributed by atoms with Crippen LogP contribution in [0.3, 0.4) is 0 Å². The Morgan fingerprint density at radius 3 is 2.12 bits per heavy atom. The van der Waals surface area contributed by atoms with Gasteiger partial charge in [-0.15, -0.1) is 0 Å². The maximum atomic E-state index is 14.1. The van der Waals surface area contributed by atoms with Crippen molar-refractivity contribution in [3.63, 3.8) is 0 Å². The van der Waals surface area contributed by atoms with Crippen molar-refractivity contribution >= 4 is 23.0 Å². The standard InChI is InChI=1S/C38H40O20/c1-14-27(44)31(48)33(50)37(54-14)53-13-24-29(46)32(49)36(57-25(43)7-4-15-8-22(51-2)28(45)23(9-15)52-3)38(56-24)58-35-30(47)26-20(42)11-17(39)12-21(26)55-34(35)16-5-6-18(40)19(41)10-16/h4-12,14,24,27,29,31-33,36-42,44-46,48-50H,13H2,1-3H3/b7-4+/t14-,24+,27-,29+,31+,32-,33+,36+,37+,38-/m0/s1. The van der Waals surface area contributed by atoms with E-state index in [0.29, 0.717) is 0 Å². The molecular weight excluding hydrogens is 776 g/mol. The van der Waals surface area contributed by atoms with Gasteiger partial charge in [0.1, 0.15) is 59.1 Å². The van der Waals surface area contributed by atoms with Crippen LogP contribution >= 0.6 is 0 Å². The maximum Gasteiger partial charge on any atom is 0.331 e. The predicted octanol–water partition coefficient (Wildman–Crippen LogP) is 0.300. The molecule has 2 fully saturated rings. The summed E-state index contributed by atoms with van der Waals surface area (Å²) in [7, 11) is 2.58. The highest BCUT2D eigenvalue weighted by atomic mass is 16.7. The van der Waals surface area contributed by atoms with Crippen LogP contribution in [0.25, 0.3) is 28.4 Å². The van der Waals surface area contributed by atoms with Crippen LogP contribution in [0.4, 0.5) is 0 Å². The number of rotatable bonds is 11. The Morgan fingerprint density at radius 1 is 0.776 bits per heavy atom. The number of benzene rings is 3. The monoisotopic (exact) mass is 816 g/mol. The zero-order chi connectivity index (χ0) is 42.2. The number of hydrogen-bond acceptors (Lipinski definition) is 20. The molecule has 2 aliphatic rings. The number of aliphatic hydroxyl groups is 5. The van der Waals surface area contributed by atoms with Crippen LogP contribution in [0.15, 0.2) is 57.8 Å².